The van der Waals surface area contributed by atoms with Crippen molar-refractivity contribution in [3.05, 3.63) is 19.2 Å². The summed E-state index contributed by atoms with van der Waals surface area (Å²) in [6, 6.07) is 1.07. The first kappa shape index (κ1) is 16.8. The summed E-state index contributed by atoms with van der Waals surface area (Å²) in [6.07, 6.45) is 0. The third kappa shape index (κ3) is 9.45. The third-order valence-electron chi connectivity index (χ3n) is 1.20. The van der Waals surface area contributed by atoms with Crippen LogP contribution >= 0.6 is 0 Å². The van der Waals surface area contributed by atoms with Gasteiger partial charge in [0.15, 0.2) is 0 Å². The normalized spacial score (nSPS) is 8.78. The van der Waals surface area contributed by atoms with Crippen molar-refractivity contribution in [3.63, 3.8) is 0 Å². The molecule has 0 radical (unpaired) electrons. The van der Waals surface area contributed by atoms with Crippen LogP contribution in [0.1, 0.15) is 0 Å². The Morgan fingerprint density at radius 2 is 1.89 bits per heavy atom. The predicted octanol–water partition coefficient (Wildman–Crippen LogP) is -1.12. The van der Waals surface area contributed by atoms with Crippen molar-refractivity contribution in [2.75, 3.05) is 0 Å². The zero-order valence-corrected chi connectivity index (χ0v) is 10.9. The quantitative estimate of drug-likeness (QED) is 0.337. The summed E-state index contributed by atoms with van der Waals surface area (Å²) < 4.78 is 0. The van der Waals surface area contributed by atoms with Crippen LogP contribution in [0.2, 0.25) is 19.1 Å². The summed E-state index contributed by atoms with van der Waals surface area (Å²) in [5, 5.41) is 0. The average Bonchev–Trinajstić information content (AvgIpc) is 1.68. The van der Waals surface area contributed by atoms with Crippen LogP contribution in [-0.2, 0) is 0 Å². The van der Waals surface area contributed by atoms with Gasteiger partial charge in [-0.25, -0.2) is 0 Å². The summed E-state index contributed by atoms with van der Waals surface area (Å²) in [6.45, 7) is 12.1. The zero-order valence-electron chi connectivity index (χ0n) is 6.28. The van der Waals surface area contributed by atoms with E-state index >= 15 is 0 Å². The van der Waals surface area contributed by atoms with Gasteiger partial charge in [-0.3, -0.25) is 0 Å². The SMILES string of the molecule is C=C[Si](C)(C)C[CH2-].[I-].[Mg+2]. The van der Waals surface area contributed by atoms with Crippen LogP contribution in [-0.4, -0.2) is 31.1 Å². The van der Waals surface area contributed by atoms with Crippen molar-refractivity contribution < 1.29 is 24.0 Å². The monoisotopic (exact) mass is 264 g/mol. The maximum absolute atomic E-state index is 3.82. The van der Waals surface area contributed by atoms with Gasteiger partial charge >= 0.3 is 23.1 Å². The molecule has 0 heterocycles. The molecule has 3 heteroatoms. The number of rotatable bonds is 2. The van der Waals surface area contributed by atoms with E-state index in [9.17, 15) is 0 Å². The first-order valence-corrected chi connectivity index (χ1v) is 5.83. The number of halogens is 1. The van der Waals surface area contributed by atoms with Crippen LogP contribution in [0, 0.1) is 6.92 Å². The molecule has 0 atom stereocenters. The minimum atomic E-state index is -0.998. The summed E-state index contributed by atoms with van der Waals surface area (Å²) in [5.41, 5.74) is 2.07. The van der Waals surface area contributed by atoms with Gasteiger partial charge in [0.2, 0.25) is 0 Å². The van der Waals surface area contributed by atoms with E-state index in [0.717, 1.165) is 6.04 Å². The molecule has 0 aromatic heterocycles. The Morgan fingerprint density at radius 1 is 1.56 bits per heavy atom. The fourth-order valence-corrected chi connectivity index (χ4v) is 0.306. The molecule has 0 amide bonds. The van der Waals surface area contributed by atoms with Gasteiger partial charge in [0.25, 0.3) is 0 Å². The van der Waals surface area contributed by atoms with Crippen LogP contribution < -0.4 is 24.0 Å². The Kier molecular flexibility index (Phi) is 14.1. The molecule has 0 aliphatic rings. The standard InChI is InChI=1S/C6H13Si.HI.Mg/c1-5-7(3,4)6-2;;/h5H,1-2,6H2,3-4H3;1H;/q-1;;+2/p-1. The van der Waals surface area contributed by atoms with E-state index < -0.39 is 8.07 Å². The maximum Gasteiger partial charge on any atom is 2.00 e. The Bertz CT molecular complexity index is 73.5. The van der Waals surface area contributed by atoms with Gasteiger partial charge < -0.3 is 30.9 Å². The summed E-state index contributed by atoms with van der Waals surface area (Å²) in [4.78, 5) is 0. The van der Waals surface area contributed by atoms with Crippen LogP contribution in [0.4, 0.5) is 0 Å². The van der Waals surface area contributed by atoms with E-state index in [0.29, 0.717) is 0 Å². The molecule has 0 aliphatic heterocycles. The second kappa shape index (κ2) is 7.56. The Labute approximate surface area is 92.7 Å². The Morgan fingerprint density at radius 3 is 1.89 bits per heavy atom. The van der Waals surface area contributed by atoms with Gasteiger partial charge in [-0.2, -0.15) is 6.04 Å². The minimum absolute atomic E-state index is 0. The summed E-state index contributed by atoms with van der Waals surface area (Å²) >= 11 is 0. The topological polar surface area (TPSA) is 0 Å². The van der Waals surface area contributed by atoms with Crippen molar-refractivity contribution in [2.45, 2.75) is 19.1 Å². The molecule has 50 valence electrons. The second-order valence-corrected chi connectivity index (χ2v) is 7.33. The molecule has 0 spiro atoms. The number of hydrogen-bond donors (Lipinski definition) is 0. The van der Waals surface area contributed by atoms with Crippen LogP contribution in [0.15, 0.2) is 12.3 Å². The van der Waals surface area contributed by atoms with Gasteiger partial charge in [-0.05, 0) is 0 Å². The molecule has 0 unspecified atom stereocenters. The number of hydrogen-bond acceptors (Lipinski definition) is 0. The molecule has 0 rings (SSSR count). The van der Waals surface area contributed by atoms with E-state index in [2.05, 4.69) is 32.3 Å². The second-order valence-electron chi connectivity index (χ2n) is 2.44. The zero-order chi connectivity index (χ0) is 5.91. The molecule has 0 aromatic rings. The van der Waals surface area contributed by atoms with E-state index in [1.165, 1.54) is 0 Å². The summed E-state index contributed by atoms with van der Waals surface area (Å²) in [5.74, 6) is 0. The van der Waals surface area contributed by atoms with Crippen molar-refractivity contribution in [3.8, 4) is 0 Å². The summed E-state index contributed by atoms with van der Waals surface area (Å²) in [7, 11) is -0.998. The molecule has 0 N–H and O–H groups in total. The van der Waals surface area contributed by atoms with E-state index in [1.807, 2.05) is 0 Å². The van der Waals surface area contributed by atoms with Crippen LogP contribution in [0.5, 0.6) is 0 Å². The molecule has 0 aliphatic carbocycles. The van der Waals surface area contributed by atoms with Crippen molar-refractivity contribution in [2.24, 2.45) is 0 Å². The van der Waals surface area contributed by atoms with Gasteiger partial charge in [0, 0.05) is 8.07 Å². The van der Waals surface area contributed by atoms with Crippen LogP contribution in [0.25, 0.3) is 0 Å². The van der Waals surface area contributed by atoms with Gasteiger partial charge in [0.05, 0.1) is 0 Å². The molecule has 9 heavy (non-hydrogen) atoms. The van der Waals surface area contributed by atoms with E-state index in [4.69, 9.17) is 0 Å². The molecular formula is C6H13IMgSi. The molecule has 0 nitrogen and oxygen atoms in total. The fraction of sp³-hybridized carbons (Fsp3) is 0.500. The predicted molar refractivity (Wildman–Crippen MR) is 43.6 cm³/mol. The molecular weight excluding hydrogens is 251 g/mol. The molecule has 0 saturated carbocycles. The van der Waals surface area contributed by atoms with Crippen molar-refractivity contribution >= 4 is 31.1 Å². The molecule has 0 saturated heterocycles. The maximum atomic E-state index is 3.82. The average molecular weight is 264 g/mol. The molecule has 0 bridgehead atoms. The first-order chi connectivity index (χ1) is 3.12. The van der Waals surface area contributed by atoms with Crippen molar-refractivity contribution in [1.29, 1.82) is 0 Å². The third-order valence-corrected chi connectivity index (χ3v) is 3.59. The largest absolute Gasteiger partial charge is 2.00 e. The first-order valence-electron chi connectivity index (χ1n) is 2.55. The Hall–Kier alpha value is 1.45. The molecule has 0 fully saturated rings. The van der Waals surface area contributed by atoms with E-state index in [1.54, 1.807) is 0 Å². The molecule has 0 aromatic carbocycles. The van der Waals surface area contributed by atoms with Gasteiger partial charge in [-0.1, -0.05) is 13.1 Å². The van der Waals surface area contributed by atoms with Gasteiger partial charge in [0.1, 0.15) is 0 Å². The smallest absolute Gasteiger partial charge is 1.00 e. The Balaban J connectivity index is -0.000000180. The fourth-order valence-electron chi connectivity index (χ4n) is 0.102. The van der Waals surface area contributed by atoms with Crippen LogP contribution in [0.3, 0.4) is 0 Å². The van der Waals surface area contributed by atoms with Crippen molar-refractivity contribution in [1.82, 2.24) is 0 Å². The minimum Gasteiger partial charge on any atom is -1.00 e. The van der Waals surface area contributed by atoms with E-state index in [-0.39, 0.29) is 47.0 Å². The van der Waals surface area contributed by atoms with Gasteiger partial charge in [-0.15, -0.1) is 12.3 Å².